The predicted octanol–water partition coefficient (Wildman–Crippen LogP) is 6.53. The van der Waals surface area contributed by atoms with Crippen LogP contribution in [0.3, 0.4) is 0 Å². The molecule has 0 aliphatic heterocycles. The van der Waals surface area contributed by atoms with E-state index < -0.39 is 22.0 Å². The van der Waals surface area contributed by atoms with E-state index in [0.717, 1.165) is 0 Å². The number of carbonyl (C=O) groups excluding carboxylic acids is 3. The van der Waals surface area contributed by atoms with Gasteiger partial charge in [0, 0.05) is 28.3 Å². The molecule has 1 atom stereocenters. The first-order valence-electron chi connectivity index (χ1n) is 14.1. The van der Waals surface area contributed by atoms with Crippen molar-refractivity contribution in [3.8, 4) is 11.5 Å². The molecule has 0 radical (unpaired) electrons. The Bertz CT molecular complexity index is 1760. The van der Waals surface area contributed by atoms with Crippen molar-refractivity contribution in [2.24, 2.45) is 0 Å². The van der Waals surface area contributed by atoms with Crippen molar-refractivity contribution in [1.29, 1.82) is 0 Å². The molecule has 0 bridgehead atoms. The number of ether oxygens (including phenoxy) is 2. The molecular formula is C34H32N4O7S. The van der Waals surface area contributed by atoms with Gasteiger partial charge in [0.15, 0.2) is 0 Å². The monoisotopic (exact) mass is 640 g/mol. The lowest BCUT2D eigenvalue weighted by atomic mass is 10.1. The van der Waals surface area contributed by atoms with E-state index >= 15 is 0 Å². The van der Waals surface area contributed by atoms with Crippen LogP contribution < -0.4 is 25.4 Å². The maximum atomic E-state index is 13.5. The predicted molar refractivity (Wildman–Crippen MR) is 178 cm³/mol. The molecule has 0 spiro atoms. The highest BCUT2D eigenvalue weighted by atomic mass is 32.2. The van der Waals surface area contributed by atoms with E-state index in [1.54, 1.807) is 79.9 Å². The van der Waals surface area contributed by atoms with Crippen LogP contribution in [0.4, 0.5) is 17.1 Å². The number of para-hydroxylation sites is 1. The minimum Gasteiger partial charge on any atom is -0.497 e. The van der Waals surface area contributed by atoms with Gasteiger partial charge >= 0.3 is 0 Å². The molecule has 46 heavy (non-hydrogen) atoms. The van der Waals surface area contributed by atoms with Crippen LogP contribution >= 0.6 is 11.8 Å². The molecule has 236 valence electrons. The Morgan fingerprint density at radius 1 is 0.891 bits per heavy atom. The third-order valence-electron chi connectivity index (χ3n) is 6.66. The highest BCUT2D eigenvalue weighted by Crippen LogP contribution is 2.32. The first-order chi connectivity index (χ1) is 22.2. The number of hydrogen-bond acceptors (Lipinski definition) is 8. The number of nitro benzene ring substituents is 1. The number of benzene rings is 4. The number of nitrogens with zero attached hydrogens (tertiary/aromatic N) is 1. The highest BCUT2D eigenvalue weighted by molar-refractivity contribution is 8.00. The van der Waals surface area contributed by atoms with Crippen LogP contribution in [0.2, 0.25) is 0 Å². The fraction of sp³-hybridized carbons (Fsp3) is 0.147. The third kappa shape index (κ3) is 8.73. The second kappa shape index (κ2) is 15.9. The van der Waals surface area contributed by atoms with Gasteiger partial charge in [-0.3, -0.25) is 24.5 Å². The van der Waals surface area contributed by atoms with Crippen molar-refractivity contribution < 1.29 is 28.8 Å². The highest BCUT2D eigenvalue weighted by Gasteiger charge is 2.21. The minimum absolute atomic E-state index is 0.139. The lowest BCUT2D eigenvalue weighted by molar-refractivity contribution is -0.385. The maximum Gasteiger partial charge on any atom is 0.276 e. The van der Waals surface area contributed by atoms with E-state index in [1.165, 1.54) is 43.1 Å². The van der Waals surface area contributed by atoms with E-state index in [0.29, 0.717) is 39.8 Å². The van der Waals surface area contributed by atoms with E-state index in [2.05, 4.69) is 16.0 Å². The molecule has 4 aromatic carbocycles. The van der Waals surface area contributed by atoms with Gasteiger partial charge in [-0.1, -0.05) is 43.3 Å². The topological polar surface area (TPSA) is 149 Å². The number of nitrogens with one attached hydrogen (secondary N) is 3. The van der Waals surface area contributed by atoms with Gasteiger partial charge in [-0.15, -0.1) is 11.8 Å². The van der Waals surface area contributed by atoms with E-state index in [-0.39, 0.29) is 22.9 Å². The van der Waals surface area contributed by atoms with Crippen LogP contribution in [-0.4, -0.2) is 42.1 Å². The smallest absolute Gasteiger partial charge is 0.276 e. The molecule has 0 heterocycles. The molecule has 1 unspecified atom stereocenters. The molecule has 0 saturated carbocycles. The molecule has 0 aromatic heterocycles. The average Bonchev–Trinajstić information content (AvgIpc) is 3.07. The van der Waals surface area contributed by atoms with Crippen LogP contribution in [0.15, 0.2) is 108 Å². The van der Waals surface area contributed by atoms with Gasteiger partial charge in [0.1, 0.15) is 17.2 Å². The Morgan fingerprint density at radius 2 is 1.63 bits per heavy atom. The zero-order valence-corrected chi connectivity index (χ0v) is 26.1. The van der Waals surface area contributed by atoms with Crippen LogP contribution in [0, 0.1) is 10.1 Å². The van der Waals surface area contributed by atoms with E-state index in [1.807, 2.05) is 13.0 Å². The first kappa shape index (κ1) is 33.3. The number of amides is 3. The summed E-state index contributed by atoms with van der Waals surface area (Å²) in [6.07, 6.45) is 1.78. The summed E-state index contributed by atoms with van der Waals surface area (Å²) < 4.78 is 10.6. The lowest BCUT2D eigenvalue weighted by Crippen LogP contribution is -2.30. The van der Waals surface area contributed by atoms with Crippen molar-refractivity contribution in [1.82, 2.24) is 5.32 Å². The van der Waals surface area contributed by atoms with Crippen molar-refractivity contribution in [2.75, 3.05) is 24.9 Å². The van der Waals surface area contributed by atoms with Gasteiger partial charge in [0.25, 0.3) is 17.5 Å². The minimum atomic E-state index is -0.694. The fourth-order valence-corrected chi connectivity index (χ4v) is 5.33. The van der Waals surface area contributed by atoms with Crippen molar-refractivity contribution in [3.63, 3.8) is 0 Å². The second-order valence-corrected chi connectivity index (χ2v) is 11.0. The molecular weight excluding hydrogens is 608 g/mol. The summed E-state index contributed by atoms with van der Waals surface area (Å²) in [5, 5.41) is 19.4. The summed E-state index contributed by atoms with van der Waals surface area (Å²) in [5.74, 6) is -0.434. The van der Waals surface area contributed by atoms with Crippen molar-refractivity contribution >= 4 is 52.6 Å². The Morgan fingerprint density at radius 3 is 2.33 bits per heavy atom. The number of rotatable bonds is 13. The molecule has 0 aliphatic carbocycles. The number of nitro groups is 1. The fourth-order valence-electron chi connectivity index (χ4n) is 4.32. The lowest BCUT2D eigenvalue weighted by Gasteiger charge is -2.17. The number of anilines is 2. The van der Waals surface area contributed by atoms with Gasteiger partial charge in [-0.2, -0.15) is 0 Å². The van der Waals surface area contributed by atoms with Crippen LogP contribution in [0.5, 0.6) is 11.5 Å². The number of thioether (sulfide) groups is 1. The molecule has 0 aliphatic rings. The van der Waals surface area contributed by atoms with Crippen molar-refractivity contribution in [2.45, 2.75) is 23.5 Å². The summed E-state index contributed by atoms with van der Waals surface area (Å²) in [6, 6.07) is 26.2. The van der Waals surface area contributed by atoms with Crippen LogP contribution in [0.25, 0.3) is 6.08 Å². The average molecular weight is 641 g/mol. The maximum absolute atomic E-state index is 13.5. The Kier molecular flexibility index (Phi) is 11.5. The summed E-state index contributed by atoms with van der Waals surface area (Å²) in [4.78, 5) is 51.5. The van der Waals surface area contributed by atoms with Gasteiger partial charge in [-0.05, 0) is 61.0 Å². The Labute approximate surface area is 270 Å². The third-order valence-corrected chi connectivity index (χ3v) is 8.02. The Balaban J connectivity index is 1.54. The molecule has 0 saturated heterocycles. The summed E-state index contributed by atoms with van der Waals surface area (Å²) in [7, 11) is 3.05. The van der Waals surface area contributed by atoms with Gasteiger partial charge in [0.2, 0.25) is 5.91 Å². The Hall–Kier alpha value is -5.62. The van der Waals surface area contributed by atoms with Crippen molar-refractivity contribution in [3.05, 3.63) is 124 Å². The zero-order chi connectivity index (χ0) is 33.1. The molecule has 0 fully saturated rings. The van der Waals surface area contributed by atoms with E-state index in [9.17, 15) is 24.5 Å². The molecule has 3 N–H and O–H groups in total. The zero-order valence-electron chi connectivity index (χ0n) is 25.3. The first-order valence-corrected chi connectivity index (χ1v) is 15.0. The van der Waals surface area contributed by atoms with Gasteiger partial charge < -0.3 is 25.4 Å². The van der Waals surface area contributed by atoms with Gasteiger partial charge in [-0.25, -0.2) is 0 Å². The summed E-state index contributed by atoms with van der Waals surface area (Å²) >= 11 is 1.31. The van der Waals surface area contributed by atoms with Crippen LogP contribution in [-0.2, 0) is 9.59 Å². The summed E-state index contributed by atoms with van der Waals surface area (Å²) in [5.41, 5.74) is 0.920. The molecule has 4 rings (SSSR count). The molecule has 3 amide bonds. The van der Waals surface area contributed by atoms with E-state index in [4.69, 9.17) is 9.47 Å². The van der Waals surface area contributed by atoms with Gasteiger partial charge in [0.05, 0.1) is 35.6 Å². The SMILES string of the molecule is CCC(Sc1cccc(NC(=O)/C(=C\c2ccccc2[N+](=O)[O-])NC(=O)c2ccccc2)c1)C(=O)Nc1ccc(OC)cc1OC. The quantitative estimate of drug-likeness (QED) is 0.0646. The molecule has 4 aromatic rings. The number of hydrogen-bond donors (Lipinski definition) is 3. The number of carbonyl (C=O) groups is 3. The van der Waals surface area contributed by atoms with Crippen LogP contribution in [0.1, 0.15) is 29.3 Å². The summed E-state index contributed by atoms with van der Waals surface area (Å²) in [6.45, 7) is 1.89. The molecule has 12 heteroatoms. The normalized spacial score (nSPS) is 11.6. The molecule has 11 nitrogen and oxygen atoms in total. The number of methoxy groups -OCH3 is 2. The largest absolute Gasteiger partial charge is 0.497 e. The standard InChI is InChI=1S/C34H32N4O7S/c1-4-31(34(41)36-27-18-17-25(44-2)21-30(27)45-3)46-26-15-10-14-24(20-26)35-33(40)28(37-32(39)22-11-6-5-7-12-22)19-23-13-8-9-16-29(23)38(42)43/h5-21,31H,4H2,1-3H3,(H,35,40)(H,36,41)(H,37,39)/b28-19+. The second-order valence-electron chi connectivity index (χ2n) is 9.75.